The van der Waals surface area contributed by atoms with Crippen molar-refractivity contribution in [3.05, 3.63) is 53.1 Å². The lowest BCUT2D eigenvalue weighted by molar-refractivity contribution is -0.143. The predicted octanol–water partition coefficient (Wildman–Crippen LogP) is 3.27. The molecule has 6 nitrogen and oxygen atoms in total. The summed E-state index contributed by atoms with van der Waals surface area (Å²) in [6.07, 6.45) is 0. The maximum Gasteiger partial charge on any atom is 0.278 e. The van der Waals surface area contributed by atoms with Crippen molar-refractivity contribution in [2.75, 3.05) is 10.6 Å². The fourth-order valence-electron chi connectivity index (χ4n) is 2.41. The molecule has 0 aromatic heterocycles. The number of rotatable bonds is 3. The predicted molar refractivity (Wildman–Crippen MR) is 94.2 cm³/mol. The quantitative estimate of drug-likeness (QED) is 0.651. The molecule has 0 fully saturated rings. The van der Waals surface area contributed by atoms with Gasteiger partial charge in [-0.3, -0.25) is 14.4 Å². The van der Waals surface area contributed by atoms with Gasteiger partial charge in [0.1, 0.15) is 5.75 Å². The van der Waals surface area contributed by atoms with E-state index in [0.29, 0.717) is 27.7 Å². The zero-order valence-corrected chi connectivity index (χ0v) is 14.3. The van der Waals surface area contributed by atoms with Gasteiger partial charge in [0.2, 0.25) is 0 Å². The number of carbonyl (C=O) groups is 3. The maximum atomic E-state index is 12.6. The number of benzene rings is 2. The van der Waals surface area contributed by atoms with E-state index in [4.69, 9.17) is 16.3 Å². The van der Waals surface area contributed by atoms with E-state index in [0.717, 1.165) is 0 Å². The van der Waals surface area contributed by atoms with E-state index in [-0.39, 0.29) is 5.78 Å². The van der Waals surface area contributed by atoms with Crippen molar-refractivity contribution in [2.45, 2.75) is 19.4 Å². The number of nitrogens with one attached hydrogen (secondary N) is 2. The lowest BCUT2D eigenvalue weighted by atomic mass is 10.0. The van der Waals surface area contributed by atoms with Gasteiger partial charge in [-0.25, -0.2) is 0 Å². The van der Waals surface area contributed by atoms with Crippen LogP contribution in [0.4, 0.5) is 11.4 Å². The first kappa shape index (κ1) is 17.0. The molecule has 0 saturated carbocycles. The van der Waals surface area contributed by atoms with Crippen molar-refractivity contribution in [3.8, 4) is 5.75 Å². The van der Waals surface area contributed by atoms with Gasteiger partial charge in [-0.15, -0.1) is 0 Å². The number of fused-ring (bicyclic) bond motifs is 1. The third kappa shape index (κ3) is 3.21. The van der Waals surface area contributed by atoms with Crippen molar-refractivity contribution >= 4 is 40.6 Å². The van der Waals surface area contributed by atoms with Gasteiger partial charge in [-0.05, 0) is 44.2 Å². The molecule has 1 atom stereocenters. The molecule has 2 aromatic carbocycles. The maximum absolute atomic E-state index is 12.6. The highest BCUT2D eigenvalue weighted by Gasteiger charge is 2.47. The van der Waals surface area contributed by atoms with E-state index >= 15 is 0 Å². The first-order valence-corrected chi connectivity index (χ1v) is 7.90. The highest BCUT2D eigenvalue weighted by molar-refractivity contribution is 6.31. The second-order valence-electron chi connectivity index (χ2n) is 5.82. The van der Waals surface area contributed by atoms with Crippen LogP contribution in [-0.2, 0) is 9.59 Å². The van der Waals surface area contributed by atoms with E-state index in [9.17, 15) is 14.4 Å². The Hall–Kier alpha value is -2.86. The Morgan fingerprint density at radius 1 is 1.20 bits per heavy atom. The van der Waals surface area contributed by atoms with Gasteiger partial charge >= 0.3 is 0 Å². The molecule has 0 aliphatic carbocycles. The molecule has 1 unspecified atom stereocenters. The Bertz CT molecular complexity index is 896. The van der Waals surface area contributed by atoms with Crippen LogP contribution in [0.1, 0.15) is 24.2 Å². The molecule has 7 heteroatoms. The van der Waals surface area contributed by atoms with Crippen LogP contribution in [0.3, 0.4) is 0 Å². The summed E-state index contributed by atoms with van der Waals surface area (Å²) in [6, 6.07) is 11.2. The molecule has 1 aliphatic rings. The number of carbonyl (C=O) groups excluding carboxylic acids is 3. The topological polar surface area (TPSA) is 84.5 Å². The monoisotopic (exact) mass is 358 g/mol. The van der Waals surface area contributed by atoms with Crippen LogP contribution in [-0.4, -0.2) is 23.2 Å². The summed E-state index contributed by atoms with van der Waals surface area (Å²) in [7, 11) is 0. The summed E-state index contributed by atoms with van der Waals surface area (Å²) >= 11 is 5.89. The fourth-order valence-corrected chi connectivity index (χ4v) is 2.58. The van der Waals surface area contributed by atoms with Crippen molar-refractivity contribution in [1.82, 2.24) is 0 Å². The molecule has 2 N–H and O–H groups in total. The molecule has 0 radical (unpaired) electrons. The molecule has 0 saturated heterocycles. The molecular weight excluding hydrogens is 344 g/mol. The molecule has 0 bridgehead atoms. The van der Waals surface area contributed by atoms with Crippen LogP contribution in [0, 0.1) is 0 Å². The SMILES string of the molecule is CC(=O)c1cccc(NC(=O)C2(C)Oc3ccc(Cl)cc3NC2=O)c1. The van der Waals surface area contributed by atoms with E-state index in [1.807, 2.05) is 0 Å². The van der Waals surface area contributed by atoms with Gasteiger partial charge < -0.3 is 15.4 Å². The normalized spacial score (nSPS) is 18.6. The number of ketones is 1. The zero-order chi connectivity index (χ0) is 18.2. The smallest absolute Gasteiger partial charge is 0.278 e. The Balaban J connectivity index is 1.86. The number of hydrogen-bond donors (Lipinski definition) is 2. The number of amides is 2. The number of halogens is 1. The average molecular weight is 359 g/mol. The first-order chi connectivity index (χ1) is 11.8. The Morgan fingerprint density at radius 3 is 2.68 bits per heavy atom. The second-order valence-corrected chi connectivity index (χ2v) is 6.26. The molecule has 2 amide bonds. The molecule has 1 heterocycles. The summed E-state index contributed by atoms with van der Waals surface area (Å²) in [6.45, 7) is 2.81. The molecule has 128 valence electrons. The van der Waals surface area contributed by atoms with Gasteiger partial charge in [-0.2, -0.15) is 0 Å². The molecule has 3 rings (SSSR count). The van der Waals surface area contributed by atoms with Gasteiger partial charge in [0.05, 0.1) is 5.69 Å². The second kappa shape index (κ2) is 6.22. The molecule has 2 aromatic rings. The van der Waals surface area contributed by atoms with E-state index < -0.39 is 17.4 Å². The summed E-state index contributed by atoms with van der Waals surface area (Å²) in [5, 5.41) is 5.68. The summed E-state index contributed by atoms with van der Waals surface area (Å²) in [5.74, 6) is -1.03. The lowest BCUT2D eigenvalue weighted by Crippen LogP contribution is -2.56. The van der Waals surface area contributed by atoms with E-state index in [1.165, 1.54) is 19.9 Å². The van der Waals surface area contributed by atoms with Crippen molar-refractivity contribution in [3.63, 3.8) is 0 Å². The molecule has 0 spiro atoms. The zero-order valence-electron chi connectivity index (χ0n) is 13.6. The van der Waals surface area contributed by atoms with Crippen LogP contribution in [0.5, 0.6) is 5.75 Å². The van der Waals surface area contributed by atoms with Crippen molar-refractivity contribution in [1.29, 1.82) is 0 Å². The van der Waals surface area contributed by atoms with Crippen LogP contribution in [0.15, 0.2) is 42.5 Å². The number of Topliss-reactive ketones (excluding diaryl/α,β-unsaturated/α-hetero) is 1. The first-order valence-electron chi connectivity index (χ1n) is 7.52. The van der Waals surface area contributed by atoms with Crippen molar-refractivity contribution in [2.24, 2.45) is 0 Å². The Labute approximate surface area is 149 Å². The van der Waals surface area contributed by atoms with Gasteiger partial charge in [0.15, 0.2) is 5.78 Å². The summed E-state index contributed by atoms with van der Waals surface area (Å²) in [4.78, 5) is 36.5. The van der Waals surface area contributed by atoms with Gasteiger partial charge in [-0.1, -0.05) is 23.7 Å². The van der Waals surface area contributed by atoms with Crippen LogP contribution < -0.4 is 15.4 Å². The minimum atomic E-state index is -1.76. The van der Waals surface area contributed by atoms with Crippen LogP contribution in [0.2, 0.25) is 5.02 Å². The van der Waals surface area contributed by atoms with E-state index in [2.05, 4.69) is 10.6 Å². The molecule has 1 aliphatic heterocycles. The van der Waals surface area contributed by atoms with Crippen LogP contribution >= 0.6 is 11.6 Å². The van der Waals surface area contributed by atoms with Crippen molar-refractivity contribution < 1.29 is 19.1 Å². The largest absolute Gasteiger partial charge is 0.466 e. The third-order valence-corrected chi connectivity index (χ3v) is 4.13. The molecular formula is C18H15ClN2O4. The fraction of sp³-hybridized carbons (Fsp3) is 0.167. The standard InChI is InChI=1S/C18H15ClN2O4/c1-10(22)11-4-3-5-13(8-11)20-16(23)18(2)17(24)21-14-9-12(19)6-7-15(14)25-18/h3-9H,1-2H3,(H,20,23)(H,21,24). The number of anilines is 2. The number of hydrogen-bond acceptors (Lipinski definition) is 4. The highest BCUT2D eigenvalue weighted by Crippen LogP contribution is 2.36. The lowest BCUT2D eigenvalue weighted by Gasteiger charge is -2.33. The third-order valence-electron chi connectivity index (χ3n) is 3.90. The summed E-state index contributed by atoms with van der Waals surface area (Å²) in [5.41, 5.74) is -0.497. The van der Waals surface area contributed by atoms with Crippen LogP contribution in [0.25, 0.3) is 0 Å². The molecule has 25 heavy (non-hydrogen) atoms. The highest BCUT2D eigenvalue weighted by atomic mass is 35.5. The van der Waals surface area contributed by atoms with E-state index in [1.54, 1.807) is 36.4 Å². The van der Waals surface area contributed by atoms with Gasteiger partial charge in [0.25, 0.3) is 17.4 Å². The summed E-state index contributed by atoms with van der Waals surface area (Å²) < 4.78 is 5.65. The average Bonchev–Trinajstić information content (AvgIpc) is 2.56. The Kier molecular flexibility index (Phi) is 4.22. The number of ether oxygens (including phenoxy) is 1. The Morgan fingerprint density at radius 2 is 1.96 bits per heavy atom. The van der Waals surface area contributed by atoms with Gasteiger partial charge in [0, 0.05) is 16.3 Å². The minimum absolute atomic E-state index is 0.125. The minimum Gasteiger partial charge on any atom is -0.466 e.